The second-order valence-electron chi connectivity index (χ2n) is 8.43. The lowest BCUT2D eigenvalue weighted by atomic mass is 9.48. The molecule has 0 saturated heterocycles. The van der Waals surface area contributed by atoms with Gasteiger partial charge in [-0.15, -0.1) is 5.10 Å². The Labute approximate surface area is 171 Å². The molecule has 3 nitrogen and oxygen atoms in total. The van der Waals surface area contributed by atoms with Crippen molar-refractivity contribution in [3.63, 3.8) is 0 Å². The molecule has 4 aliphatic rings. The highest BCUT2D eigenvalue weighted by Gasteiger charge is 2.54. The Kier molecular flexibility index (Phi) is 4.52. The monoisotopic (exact) mass is 420 g/mol. The lowest BCUT2D eigenvalue weighted by Gasteiger charge is -2.56. The molecule has 4 saturated carbocycles. The fourth-order valence-electron chi connectivity index (χ4n) is 5.80. The van der Waals surface area contributed by atoms with E-state index in [1.165, 1.54) is 54.5 Å². The summed E-state index contributed by atoms with van der Waals surface area (Å²) in [5, 5.41) is 4.55. The van der Waals surface area contributed by atoms with E-state index in [4.69, 9.17) is 12.2 Å². The standard InChI is InChI=1S/C20H21FN2OS3/c21-15-1-3-16(4-2-15)23-19(25)27-18(22-23)26-11-17(24)20-8-12-5-13(9-20)7-14(6-12)10-20/h1-4,12-14H,5-11H2. The summed E-state index contributed by atoms with van der Waals surface area (Å²) in [6, 6.07) is 6.14. The summed E-state index contributed by atoms with van der Waals surface area (Å²) >= 11 is 8.33. The van der Waals surface area contributed by atoms with E-state index in [2.05, 4.69) is 5.10 Å². The van der Waals surface area contributed by atoms with E-state index in [1.54, 1.807) is 16.8 Å². The topological polar surface area (TPSA) is 34.9 Å². The van der Waals surface area contributed by atoms with Gasteiger partial charge in [-0.3, -0.25) is 4.79 Å². The number of hydrogen-bond donors (Lipinski definition) is 0. The molecule has 27 heavy (non-hydrogen) atoms. The van der Waals surface area contributed by atoms with Gasteiger partial charge in [-0.1, -0.05) is 23.1 Å². The Morgan fingerprint density at radius 3 is 2.37 bits per heavy atom. The Morgan fingerprint density at radius 2 is 1.78 bits per heavy atom. The van der Waals surface area contributed by atoms with Crippen LogP contribution in [0.3, 0.4) is 0 Å². The second kappa shape index (κ2) is 6.78. The minimum Gasteiger partial charge on any atom is -0.298 e. The first-order valence-corrected chi connectivity index (χ1v) is 11.7. The van der Waals surface area contributed by atoms with E-state index in [1.807, 2.05) is 0 Å². The molecule has 142 valence electrons. The highest BCUT2D eigenvalue weighted by Crippen LogP contribution is 2.60. The van der Waals surface area contributed by atoms with Crippen LogP contribution in [0.5, 0.6) is 0 Å². The van der Waals surface area contributed by atoms with Crippen molar-refractivity contribution in [2.45, 2.75) is 42.9 Å². The van der Waals surface area contributed by atoms with Crippen molar-refractivity contribution in [1.82, 2.24) is 9.78 Å². The molecule has 0 spiro atoms. The summed E-state index contributed by atoms with van der Waals surface area (Å²) in [6.45, 7) is 0. The second-order valence-corrected chi connectivity index (χ2v) is 11.3. The largest absolute Gasteiger partial charge is 0.298 e. The lowest BCUT2D eigenvalue weighted by molar-refractivity contribution is -0.141. The van der Waals surface area contributed by atoms with Gasteiger partial charge in [0.2, 0.25) is 0 Å². The zero-order valence-corrected chi connectivity index (χ0v) is 17.3. The number of Topliss-reactive ketones (excluding diaryl/α,β-unsaturated/α-hetero) is 1. The van der Waals surface area contributed by atoms with Crippen molar-refractivity contribution in [3.8, 4) is 5.69 Å². The molecule has 0 atom stereocenters. The summed E-state index contributed by atoms with van der Waals surface area (Å²) in [6.07, 6.45) is 7.38. The molecule has 4 aliphatic carbocycles. The van der Waals surface area contributed by atoms with Gasteiger partial charge in [0.15, 0.2) is 8.29 Å². The van der Waals surface area contributed by atoms with E-state index in [0.29, 0.717) is 15.5 Å². The first-order chi connectivity index (χ1) is 13.0. The Hall–Kier alpha value is -1.05. The highest BCUT2D eigenvalue weighted by molar-refractivity contribution is 8.01. The number of nitrogens with zero attached hydrogens (tertiary/aromatic N) is 2. The summed E-state index contributed by atoms with van der Waals surface area (Å²) in [5.74, 6) is 2.97. The molecule has 0 amide bonds. The summed E-state index contributed by atoms with van der Waals surface area (Å²) < 4.78 is 16.2. The quantitative estimate of drug-likeness (QED) is 0.460. The third kappa shape index (κ3) is 3.32. The van der Waals surface area contributed by atoms with Crippen molar-refractivity contribution in [2.24, 2.45) is 23.2 Å². The van der Waals surface area contributed by atoms with Gasteiger partial charge in [-0.05, 0) is 92.8 Å². The van der Waals surface area contributed by atoms with Gasteiger partial charge in [0.05, 0.1) is 11.4 Å². The molecule has 2 aromatic rings. The van der Waals surface area contributed by atoms with E-state index < -0.39 is 0 Å². The van der Waals surface area contributed by atoms with Gasteiger partial charge < -0.3 is 0 Å². The van der Waals surface area contributed by atoms with Crippen LogP contribution in [-0.4, -0.2) is 21.3 Å². The Balaban J connectivity index is 1.29. The number of ketones is 1. The Morgan fingerprint density at radius 1 is 1.19 bits per heavy atom. The van der Waals surface area contributed by atoms with E-state index in [-0.39, 0.29) is 11.2 Å². The average Bonchev–Trinajstić information content (AvgIpc) is 3.00. The first kappa shape index (κ1) is 18.0. The molecule has 1 heterocycles. The van der Waals surface area contributed by atoms with Crippen molar-refractivity contribution in [1.29, 1.82) is 0 Å². The third-order valence-corrected chi connectivity index (χ3v) is 8.92. The number of hydrogen-bond acceptors (Lipinski definition) is 5. The number of benzene rings is 1. The normalized spacial score (nSPS) is 31.4. The fraction of sp³-hybridized carbons (Fsp3) is 0.550. The summed E-state index contributed by atoms with van der Waals surface area (Å²) in [7, 11) is 0. The smallest absolute Gasteiger partial charge is 0.184 e. The van der Waals surface area contributed by atoms with Crippen LogP contribution in [0, 0.1) is 32.9 Å². The number of rotatable bonds is 5. The molecule has 4 bridgehead atoms. The van der Waals surface area contributed by atoms with Gasteiger partial charge in [-0.25, -0.2) is 9.07 Å². The number of thioether (sulfide) groups is 1. The fourth-order valence-corrected chi connectivity index (χ4v) is 8.19. The third-order valence-electron chi connectivity index (χ3n) is 6.56. The van der Waals surface area contributed by atoms with Crippen molar-refractivity contribution < 1.29 is 9.18 Å². The lowest BCUT2D eigenvalue weighted by Crippen LogP contribution is -2.50. The number of carbonyl (C=O) groups excluding carboxylic acids is 1. The van der Waals surface area contributed by atoms with Gasteiger partial charge in [-0.2, -0.15) is 0 Å². The minimum absolute atomic E-state index is 0.0528. The van der Waals surface area contributed by atoms with Crippen LogP contribution < -0.4 is 0 Å². The van der Waals surface area contributed by atoms with Gasteiger partial charge >= 0.3 is 0 Å². The van der Waals surface area contributed by atoms with Crippen molar-refractivity contribution >= 4 is 41.1 Å². The van der Waals surface area contributed by atoms with E-state index in [9.17, 15) is 9.18 Å². The highest BCUT2D eigenvalue weighted by atomic mass is 32.2. The maximum absolute atomic E-state index is 13.2. The average molecular weight is 421 g/mol. The number of halogens is 1. The molecule has 1 aromatic carbocycles. The van der Waals surface area contributed by atoms with Crippen LogP contribution in [-0.2, 0) is 4.79 Å². The van der Waals surface area contributed by atoms with Crippen LogP contribution in [0.1, 0.15) is 38.5 Å². The van der Waals surface area contributed by atoms with Gasteiger partial charge in [0, 0.05) is 5.41 Å². The molecule has 6 rings (SSSR count). The molecule has 0 aliphatic heterocycles. The molecule has 1 aromatic heterocycles. The SMILES string of the molecule is O=C(CSc1nn(-c2ccc(F)cc2)c(=S)s1)C12CC3CC(CC(C3)C1)C2. The minimum atomic E-state index is -0.281. The maximum Gasteiger partial charge on any atom is 0.184 e. The molecule has 4 fully saturated rings. The summed E-state index contributed by atoms with van der Waals surface area (Å²) in [4.78, 5) is 13.2. The van der Waals surface area contributed by atoms with Crippen LogP contribution in [0.2, 0.25) is 0 Å². The predicted molar refractivity (Wildman–Crippen MR) is 109 cm³/mol. The van der Waals surface area contributed by atoms with Gasteiger partial charge in [0.25, 0.3) is 0 Å². The molecule has 7 heteroatoms. The zero-order valence-electron chi connectivity index (χ0n) is 14.9. The summed E-state index contributed by atoms with van der Waals surface area (Å²) in [5.41, 5.74) is 0.694. The number of aromatic nitrogens is 2. The van der Waals surface area contributed by atoms with Crippen LogP contribution in [0.15, 0.2) is 28.6 Å². The molecule has 0 radical (unpaired) electrons. The maximum atomic E-state index is 13.2. The molecular formula is C20H21FN2OS3. The van der Waals surface area contributed by atoms with Crippen molar-refractivity contribution in [3.05, 3.63) is 34.0 Å². The van der Waals surface area contributed by atoms with Crippen molar-refractivity contribution in [2.75, 3.05) is 5.75 Å². The Bertz CT molecular complexity index is 898. The van der Waals surface area contributed by atoms with Gasteiger partial charge in [0.1, 0.15) is 11.6 Å². The van der Waals surface area contributed by atoms with E-state index in [0.717, 1.165) is 47.0 Å². The number of carbonyl (C=O) groups is 1. The predicted octanol–water partition coefficient (Wildman–Crippen LogP) is 5.68. The first-order valence-electron chi connectivity index (χ1n) is 9.53. The molecule has 0 N–H and O–H groups in total. The van der Waals surface area contributed by atoms with Crippen LogP contribution >= 0.6 is 35.3 Å². The van der Waals surface area contributed by atoms with Crippen LogP contribution in [0.25, 0.3) is 5.69 Å². The zero-order chi connectivity index (χ0) is 18.6. The van der Waals surface area contributed by atoms with E-state index >= 15 is 0 Å². The van der Waals surface area contributed by atoms with Crippen LogP contribution in [0.4, 0.5) is 4.39 Å². The molecular weight excluding hydrogens is 399 g/mol. The molecule has 0 unspecified atom stereocenters.